The third-order valence-corrected chi connectivity index (χ3v) is 2.68. The summed E-state index contributed by atoms with van der Waals surface area (Å²) in [5.74, 6) is -0.756. The summed E-state index contributed by atoms with van der Waals surface area (Å²) in [5, 5.41) is 2.69. The van der Waals surface area contributed by atoms with E-state index < -0.39 is 5.82 Å². The van der Waals surface area contributed by atoms with E-state index in [1.165, 1.54) is 12.1 Å². The molecule has 0 radical (unpaired) electrons. The van der Waals surface area contributed by atoms with E-state index in [0.29, 0.717) is 24.4 Å². The summed E-state index contributed by atoms with van der Waals surface area (Å²) >= 11 is 0. The number of ether oxygens (including phenoxy) is 1. The van der Waals surface area contributed by atoms with Gasteiger partial charge in [0.1, 0.15) is 5.82 Å². The van der Waals surface area contributed by atoms with Crippen molar-refractivity contribution in [3.8, 4) is 5.69 Å². The van der Waals surface area contributed by atoms with Gasteiger partial charge in [0.15, 0.2) is 0 Å². The molecular weight excluding hydrogens is 247 g/mol. The van der Waals surface area contributed by atoms with Gasteiger partial charge in [0.25, 0.3) is 5.91 Å². The van der Waals surface area contributed by atoms with Gasteiger partial charge in [-0.05, 0) is 30.3 Å². The third kappa shape index (κ3) is 3.20. The lowest BCUT2D eigenvalue weighted by Gasteiger charge is -2.11. The Balaban J connectivity index is 2.27. The third-order valence-electron chi connectivity index (χ3n) is 2.68. The fraction of sp³-hybridized carbons (Fsp3) is 0.214. The number of rotatable bonds is 5. The predicted molar refractivity (Wildman–Crippen MR) is 69.9 cm³/mol. The Bertz CT molecular complexity index is 553. The first-order valence-electron chi connectivity index (χ1n) is 5.92. The fourth-order valence-corrected chi connectivity index (χ4v) is 1.77. The highest BCUT2D eigenvalue weighted by Crippen LogP contribution is 2.16. The number of aromatic nitrogens is 1. The minimum absolute atomic E-state index is 0.298. The molecular formula is C14H15FN2O2. The summed E-state index contributed by atoms with van der Waals surface area (Å²) in [6, 6.07) is 7.84. The van der Waals surface area contributed by atoms with E-state index in [2.05, 4.69) is 5.32 Å². The summed E-state index contributed by atoms with van der Waals surface area (Å²) in [4.78, 5) is 12.0. The Morgan fingerprint density at radius 3 is 2.79 bits per heavy atom. The molecule has 0 spiro atoms. The Morgan fingerprint density at radius 1 is 1.37 bits per heavy atom. The Morgan fingerprint density at radius 2 is 2.11 bits per heavy atom. The topological polar surface area (TPSA) is 43.3 Å². The standard InChI is InChI=1S/C14H15FN2O2/c1-19-9-6-16-14(18)12-10-11(15)4-5-13(12)17-7-2-3-8-17/h2-5,7-8,10H,6,9H2,1H3,(H,16,18). The first-order chi connectivity index (χ1) is 9.22. The Kier molecular flexibility index (Phi) is 4.30. The van der Waals surface area contributed by atoms with Gasteiger partial charge < -0.3 is 14.6 Å². The van der Waals surface area contributed by atoms with E-state index in [0.717, 1.165) is 0 Å². The van der Waals surface area contributed by atoms with E-state index in [9.17, 15) is 9.18 Å². The van der Waals surface area contributed by atoms with Crippen molar-refractivity contribution in [1.82, 2.24) is 9.88 Å². The molecule has 2 aromatic rings. The number of nitrogens with one attached hydrogen (secondary N) is 1. The van der Waals surface area contributed by atoms with Crippen LogP contribution in [0.5, 0.6) is 0 Å². The average Bonchev–Trinajstić information content (AvgIpc) is 2.92. The maximum atomic E-state index is 13.3. The lowest BCUT2D eigenvalue weighted by molar-refractivity contribution is 0.0936. The molecule has 0 bridgehead atoms. The summed E-state index contributed by atoms with van der Waals surface area (Å²) in [7, 11) is 1.56. The molecule has 5 heteroatoms. The van der Waals surface area contributed by atoms with Crippen LogP contribution in [0.1, 0.15) is 10.4 Å². The lowest BCUT2D eigenvalue weighted by atomic mass is 10.1. The van der Waals surface area contributed by atoms with Crippen LogP contribution < -0.4 is 5.32 Å². The molecule has 1 N–H and O–H groups in total. The van der Waals surface area contributed by atoms with Crippen LogP contribution in [-0.4, -0.2) is 30.7 Å². The van der Waals surface area contributed by atoms with Crippen molar-refractivity contribution in [1.29, 1.82) is 0 Å². The van der Waals surface area contributed by atoms with Crippen LogP contribution in [0.4, 0.5) is 4.39 Å². The molecule has 0 saturated heterocycles. The number of nitrogens with zero attached hydrogens (tertiary/aromatic N) is 1. The normalized spacial score (nSPS) is 10.4. The molecule has 0 aliphatic rings. The number of halogens is 1. The van der Waals surface area contributed by atoms with Crippen molar-refractivity contribution in [3.05, 3.63) is 54.1 Å². The zero-order chi connectivity index (χ0) is 13.7. The lowest BCUT2D eigenvalue weighted by Crippen LogP contribution is -2.28. The molecule has 1 heterocycles. The molecule has 0 saturated carbocycles. The molecule has 1 aromatic carbocycles. The number of carbonyl (C=O) groups excluding carboxylic acids is 1. The van der Waals surface area contributed by atoms with Crippen molar-refractivity contribution < 1.29 is 13.9 Å². The first kappa shape index (κ1) is 13.3. The summed E-state index contributed by atoms with van der Waals surface area (Å²) in [6.45, 7) is 0.802. The van der Waals surface area contributed by atoms with E-state index in [-0.39, 0.29) is 5.91 Å². The summed E-state index contributed by atoms with van der Waals surface area (Å²) in [6.07, 6.45) is 3.61. The molecule has 4 nitrogen and oxygen atoms in total. The van der Waals surface area contributed by atoms with E-state index in [1.807, 2.05) is 12.1 Å². The van der Waals surface area contributed by atoms with Gasteiger partial charge in [0, 0.05) is 26.0 Å². The number of hydrogen-bond donors (Lipinski definition) is 1. The second-order valence-electron chi connectivity index (χ2n) is 4.00. The minimum atomic E-state index is -0.437. The van der Waals surface area contributed by atoms with Crippen LogP contribution in [0.3, 0.4) is 0 Å². The SMILES string of the molecule is COCCNC(=O)c1cc(F)ccc1-n1cccc1. The molecule has 0 aliphatic heterocycles. The summed E-state index contributed by atoms with van der Waals surface area (Å²) < 4.78 is 20.0. The number of amides is 1. The first-order valence-corrected chi connectivity index (χ1v) is 5.92. The van der Waals surface area contributed by atoms with Crippen LogP contribution >= 0.6 is 0 Å². The highest BCUT2D eigenvalue weighted by Gasteiger charge is 2.13. The van der Waals surface area contributed by atoms with Gasteiger partial charge in [0.05, 0.1) is 17.9 Å². The van der Waals surface area contributed by atoms with Gasteiger partial charge in [-0.2, -0.15) is 0 Å². The van der Waals surface area contributed by atoms with Gasteiger partial charge in [-0.15, -0.1) is 0 Å². The van der Waals surface area contributed by atoms with Crippen LogP contribution in [0.15, 0.2) is 42.7 Å². The zero-order valence-electron chi connectivity index (χ0n) is 10.6. The van der Waals surface area contributed by atoms with Gasteiger partial charge in [-0.3, -0.25) is 4.79 Å². The largest absolute Gasteiger partial charge is 0.383 e. The highest BCUT2D eigenvalue weighted by molar-refractivity contribution is 5.97. The van der Waals surface area contributed by atoms with Gasteiger partial charge in [-0.25, -0.2) is 4.39 Å². The molecule has 1 aromatic heterocycles. The molecule has 0 unspecified atom stereocenters. The Hall–Kier alpha value is -2.14. The van der Waals surface area contributed by atoms with E-state index in [4.69, 9.17) is 4.74 Å². The minimum Gasteiger partial charge on any atom is -0.383 e. The van der Waals surface area contributed by atoms with Crippen molar-refractivity contribution in [2.45, 2.75) is 0 Å². The molecule has 2 rings (SSSR count). The number of methoxy groups -OCH3 is 1. The Labute approximate surface area is 110 Å². The van der Waals surface area contributed by atoms with E-state index in [1.54, 1.807) is 30.1 Å². The van der Waals surface area contributed by atoms with E-state index >= 15 is 0 Å². The van der Waals surface area contributed by atoms with Gasteiger partial charge in [-0.1, -0.05) is 0 Å². The smallest absolute Gasteiger partial charge is 0.253 e. The maximum absolute atomic E-state index is 13.3. The number of benzene rings is 1. The zero-order valence-corrected chi connectivity index (χ0v) is 10.6. The predicted octanol–water partition coefficient (Wildman–Crippen LogP) is 1.99. The maximum Gasteiger partial charge on any atom is 0.253 e. The van der Waals surface area contributed by atoms with Crippen LogP contribution in [0.2, 0.25) is 0 Å². The molecule has 1 amide bonds. The average molecular weight is 262 g/mol. The second-order valence-corrected chi connectivity index (χ2v) is 4.00. The van der Waals surface area contributed by atoms with Crippen LogP contribution in [0.25, 0.3) is 5.69 Å². The van der Waals surface area contributed by atoms with Crippen molar-refractivity contribution >= 4 is 5.91 Å². The second kappa shape index (κ2) is 6.15. The molecule has 19 heavy (non-hydrogen) atoms. The van der Waals surface area contributed by atoms with Gasteiger partial charge >= 0.3 is 0 Å². The van der Waals surface area contributed by atoms with Crippen molar-refractivity contribution in [2.75, 3.05) is 20.3 Å². The quantitative estimate of drug-likeness (QED) is 0.837. The van der Waals surface area contributed by atoms with Gasteiger partial charge in [0.2, 0.25) is 0 Å². The van der Waals surface area contributed by atoms with Crippen LogP contribution in [-0.2, 0) is 4.74 Å². The van der Waals surface area contributed by atoms with Crippen molar-refractivity contribution in [2.24, 2.45) is 0 Å². The molecule has 0 atom stereocenters. The fourth-order valence-electron chi connectivity index (χ4n) is 1.77. The molecule has 100 valence electrons. The highest BCUT2D eigenvalue weighted by atomic mass is 19.1. The number of carbonyl (C=O) groups is 1. The molecule has 0 fully saturated rings. The molecule has 0 aliphatic carbocycles. The monoisotopic (exact) mass is 262 g/mol. The van der Waals surface area contributed by atoms with Crippen molar-refractivity contribution in [3.63, 3.8) is 0 Å². The summed E-state index contributed by atoms with van der Waals surface area (Å²) in [5.41, 5.74) is 0.939. The number of hydrogen-bond acceptors (Lipinski definition) is 2. The van der Waals surface area contributed by atoms with Crippen LogP contribution in [0, 0.1) is 5.82 Å².